The van der Waals surface area contributed by atoms with Gasteiger partial charge in [0.25, 0.3) is 0 Å². The number of halogens is 1. The molecule has 3 fully saturated rings. The maximum Gasteiger partial charge on any atom is 0.198 e. The van der Waals surface area contributed by atoms with Crippen LogP contribution in [0.5, 0.6) is 5.88 Å². The van der Waals surface area contributed by atoms with E-state index in [9.17, 15) is 10.2 Å². The van der Waals surface area contributed by atoms with Gasteiger partial charge in [-0.2, -0.15) is 0 Å². The van der Waals surface area contributed by atoms with E-state index in [1.165, 1.54) is 0 Å². The molecule has 2 aromatic heterocycles. The normalized spacial score (nSPS) is 26.3. The lowest BCUT2D eigenvalue weighted by Crippen LogP contribution is -2.35. The quantitative estimate of drug-likeness (QED) is 0.255. The third-order valence-corrected chi connectivity index (χ3v) is 10.6. The van der Waals surface area contributed by atoms with Crippen molar-refractivity contribution in [1.29, 1.82) is 0 Å². The van der Waals surface area contributed by atoms with Crippen LogP contribution >= 0.6 is 11.6 Å². The van der Waals surface area contributed by atoms with Crippen LogP contribution in [0.2, 0.25) is 30.7 Å². The first-order chi connectivity index (χ1) is 19.1. The van der Waals surface area contributed by atoms with Crippen LogP contribution in [0, 0.1) is 0 Å². The van der Waals surface area contributed by atoms with Crippen LogP contribution in [0.25, 0.3) is 22.3 Å². The maximum atomic E-state index is 10.3. The van der Waals surface area contributed by atoms with Gasteiger partial charge in [-0.1, -0.05) is 55.5 Å². The fourth-order valence-electron chi connectivity index (χ4n) is 5.84. The summed E-state index contributed by atoms with van der Waals surface area (Å²) in [6.07, 6.45) is -0.0531. The Morgan fingerprint density at radius 3 is 2.52 bits per heavy atom. The largest absolute Gasteiger partial charge is 0.470 e. The highest BCUT2D eigenvalue weighted by Crippen LogP contribution is 2.51. The van der Waals surface area contributed by atoms with Crippen molar-refractivity contribution in [3.05, 3.63) is 47.0 Å². The Labute approximate surface area is 241 Å². The first-order valence-corrected chi connectivity index (χ1v) is 18.3. The van der Waals surface area contributed by atoms with Crippen molar-refractivity contribution < 1.29 is 29.2 Å². The van der Waals surface area contributed by atoms with Gasteiger partial charge in [0.1, 0.15) is 25.0 Å². The first-order valence-electron chi connectivity index (χ1n) is 14.2. The van der Waals surface area contributed by atoms with E-state index < -0.39 is 14.2 Å². The number of hydrogen-bond acceptors (Lipinski definition) is 7. The highest BCUT2D eigenvalue weighted by Gasteiger charge is 2.49. The van der Waals surface area contributed by atoms with Gasteiger partial charge in [-0.25, -0.2) is 4.98 Å². The second-order valence-electron chi connectivity index (χ2n) is 12.7. The zero-order chi connectivity index (χ0) is 28.2. The van der Waals surface area contributed by atoms with Crippen molar-refractivity contribution in [3.8, 4) is 17.1 Å². The molecular weight excluding hydrogens is 548 g/mol. The van der Waals surface area contributed by atoms with Gasteiger partial charge in [0.05, 0.1) is 41.1 Å². The molecule has 4 heterocycles. The number of aromatic nitrogens is 2. The number of hydrogen-bond donors (Lipinski definition) is 2. The van der Waals surface area contributed by atoms with Crippen LogP contribution in [0.3, 0.4) is 0 Å². The van der Waals surface area contributed by atoms with E-state index in [1.807, 2.05) is 35.8 Å². The van der Waals surface area contributed by atoms with Gasteiger partial charge in [-0.05, 0) is 37.4 Å². The average molecular weight is 587 g/mol. The Bertz CT molecular complexity index is 1370. The lowest BCUT2D eigenvalue weighted by atomic mass is 9.90. The van der Waals surface area contributed by atoms with Gasteiger partial charge >= 0.3 is 0 Å². The molecule has 216 valence electrons. The van der Waals surface area contributed by atoms with Gasteiger partial charge in [0.2, 0.25) is 0 Å². The number of pyridine rings is 1. The maximum absolute atomic E-state index is 10.3. The summed E-state index contributed by atoms with van der Waals surface area (Å²) in [6, 6.07) is 13.1. The summed E-state index contributed by atoms with van der Waals surface area (Å²) >= 11 is 6.83. The molecule has 1 aromatic carbocycles. The zero-order valence-corrected chi connectivity index (χ0v) is 25.4. The summed E-state index contributed by atoms with van der Waals surface area (Å²) in [5, 5.41) is 21.0. The van der Waals surface area contributed by atoms with E-state index in [0.717, 1.165) is 41.0 Å². The number of benzene rings is 1. The summed E-state index contributed by atoms with van der Waals surface area (Å²) in [5.41, 5.74) is 4.20. The van der Waals surface area contributed by atoms with Gasteiger partial charge in [0, 0.05) is 31.7 Å². The van der Waals surface area contributed by atoms with Crippen LogP contribution in [-0.4, -0.2) is 78.2 Å². The SMILES string of the molecule is CC(O)C1(c2ccc(-c3nc4cc(O[C@@H]5CO[C@H]6[C@@H]5OC[C@H]6O)n(COCC[Si](C)(C)C)c4cc3Cl)cc2)CC1. The van der Waals surface area contributed by atoms with Crippen molar-refractivity contribution in [3.63, 3.8) is 0 Å². The number of aliphatic hydroxyl groups excluding tert-OH is 2. The van der Waals surface area contributed by atoms with Gasteiger partial charge in [-0.3, -0.25) is 4.57 Å². The van der Waals surface area contributed by atoms with E-state index in [0.29, 0.717) is 36.5 Å². The molecule has 5 atom stereocenters. The Morgan fingerprint density at radius 1 is 1.12 bits per heavy atom. The van der Waals surface area contributed by atoms with Crippen LogP contribution in [-0.2, 0) is 26.4 Å². The van der Waals surface area contributed by atoms with E-state index in [1.54, 1.807) is 0 Å². The van der Waals surface area contributed by atoms with Crippen molar-refractivity contribution in [1.82, 2.24) is 9.55 Å². The van der Waals surface area contributed by atoms with Crippen molar-refractivity contribution in [2.24, 2.45) is 0 Å². The van der Waals surface area contributed by atoms with E-state index in [-0.39, 0.29) is 36.4 Å². The predicted molar refractivity (Wildman–Crippen MR) is 157 cm³/mol. The smallest absolute Gasteiger partial charge is 0.198 e. The Hall–Kier alpha value is -1.98. The highest BCUT2D eigenvalue weighted by atomic mass is 35.5. The molecule has 2 aliphatic heterocycles. The Kier molecular flexibility index (Phi) is 7.52. The summed E-state index contributed by atoms with van der Waals surface area (Å²) in [6.45, 7) is 10.4. The number of fused-ring (bicyclic) bond motifs is 2. The topological polar surface area (TPSA) is 95.2 Å². The Morgan fingerprint density at radius 2 is 1.85 bits per heavy atom. The molecule has 40 heavy (non-hydrogen) atoms. The van der Waals surface area contributed by atoms with Crippen LogP contribution in [0.15, 0.2) is 36.4 Å². The number of rotatable bonds is 10. The summed E-state index contributed by atoms with van der Waals surface area (Å²) in [7, 11) is -1.24. The van der Waals surface area contributed by atoms with E-state index in [2.05, 4.69) is 31.8 Å². The van der Waals surface area contributed by atoms with Gasteiger partial charge in [0.15, 0.2) is 12.0 Å². The minimum Gasteiger partial charge on any atom is -0.470 e. The molecule has 1 saturated carbocycles. The van der Waals surface area contributed by atoms with Gasteiger partial charge < -0.3 is 29.2 Å². The highest BCUT2D eigenvalue weighted by molar-refractivity contribution is 6.76. The molecule has 0 spiro atoms. The second kappa shape index (κ2) is 10.7. The van der Waals surface area contributed by atoms with Crippen LogP contribution in [0.4, 0.5) is 0 Å². The molecule has 8 nitrogen and oxygen atoms in total. The Balaban J connectivity index is 1.30. The fraction of sp³-hybridized carbons (Fsp3) is 0.567. The lowest BCUT2D eigenvalue weighted by molar-refractivity contribution is 0.00479. The van der Waals surface area contributed by atoms with Crippen molar-refractivity contribution in [2.75, 3.05) is 19.8 Å². The number of ether oxygens (including phenoxy) is 4. The van der Waals surface area contributed by atoms with Crippen molar-refractivity contribution in [2.45, 2.75) is 88.1 Å². The zero-order valence-electron chi connectivity index (χ0n) is 23.6. The summed E-state index contributed by atoms with van der Waals surface area (Å²) < 4.78 is 26.1. The molecular formula is C30H39ClN2O6Si. The minimum absolute atomic E-state index is 0.124. The number of nitrogens with zero attached hydrogens (tertiary/aromatic N) is 2. The van der Waals surface area contributed by atoms with E-state index >= 15 is 0 Å². The van der Waals surface area contributed by atoms with E-state index in [4.69, 9.17) is 35.5 Å². The molecule has 6 rings (SSSR count). The molecule has 1 unspecified atom stereocenters. The van der Waals surface area contributed by atoms with Crippen LogP contribution in [0.1, 0.15) is 25.3 Å². The van der Waals surface area contributed by atoms with Crippen LogP contribution < -0.4 is 4.74 Å². The first kappa shape index (κ1) is 28.2. The molecule has 3 aromatic rings. The fourth-order valence-corrected chi connectivity index (χ4v) is 6.85. The predicted octanol–water partition coefficient (Wildman–Crippen LogP) is 4.99. The molecule has 10 heteroatoms. The molecule has 2 saturated heterocycles. The molecule has 0 radical (unpaired) electrons. The lowest BCUT2D eigenvalue weighted by Gasteiger charge is -2.20. The average Bonchev–Trinajstić information content (AvgIpc) is 3.37. The molecule has 1 aliphatic carbocycles. The minimum atomic E-state index is -1.24. The monoisotopic (exact) mass is 586 g/mol. The summed E-state index contributed by atoms with van der Waals surface area (Å²) in [4.78, 5) is 4.96. The van der Waals surface area contributed by atoms with Gasteiger partial charge in [-0.15, -0.1) is 0 Å². The standard InChI is InChI=1S/C30H39ClN2O6Si/c1-18(34)30(9-10-30)20-7-5-19(6-8-20)27-21(31)13-23-22(32-27)14-26(33(23)17-36-11-12-40(2,3)4)39-25-16-38-28-24(35)15-37-29(25)28/h5-8,13-14,18,24-25,28-29,34-35H,9-12,15-17H2,1-4H3/t18?,24-,25-,28-,29-/m1/s1. The molecule has 2 N–H and O–H groups in total. The van der Waals surface area contributed by atoms with Crippen molar-refractivity contribution >= 4 is 30.7 Å². The third-order valence-electron chi connectivity index (χ3n) is 8.59. The third kappa shape index (κ3) is 5.33. The second-order valence-corrected chi connectivity index (χ2v) is 18.7. The molecule has 3 aliphatic rings. The summed E-state index contributed by atoms with van der Waals surface area (Å²) in [5.74, 6) is 0.603. The molecule has 0 amide bonds. The molecule has 0 bridgehead atoms. The number of aliphatic hydroxyl groups is 2.